The standard InChI is InChI=1S/C5H6ClNO2/c6-4-3-7(9)2-1-5(4)8/h1,3,8-9H,2H2. The number of halogens is 1. The van der Waals surface area contributed by atoms with E-state index in [0.717, 1.165) is 5.06 Å². The Labute approximate surface area is 57.4 Å². The summed E-state index contributed by atoms with van der Waals surface area (Å²) in [6.07, 6.45) is 2.67. The summed E-state index contributed by atoms with van der Waals surface area (Å²) >= 11 is 5.40. The van der Waals surface area contributed by atoms with Crippen LogP contribution in [-0.2, 0) is 0 Å². The Morgan fingerprint density at radius 3 is 2.78 bits per heavy atom. The fraction of sp³-hybridized carbons (Fsp3) is 0.200. The molecule has 0 aromatic rings. The molecule has 2 N–H and O–H groups in total. The van der Waals surface area contributed by atoms with Gasteiger partial charge in [-0.3, -0.25) is 10.3 Å². The van der Waals surface area contributed by atoms with E-state index in [1.54, 1.807) is 0 Å². The zero-order valence-electron chi connectivity index (χ0n) is 4.58. The summed E-state index contributed by atoms with van der Waals surface area (Å²) in [4.78, 5) is 0. The van der Waals surface area contributed by atoms with E-state index in [0.29, 0.717) is 0 Å². The second-order valence-electron chi connectivity index (χ2n) is 1.69. The van der Waals surface area contributed by atoms with Gasteiger partial charge in [-0.25, -0.2) is 0 Å². The molecule has 1 aliphatic heterocycles. The van der Waals surface area contributed by atoms with Crippen LogP contribution in [0.2, 0.25) is 0 Å². The van der Waals surface area contributed by atoms with Crippen LogP contribution in [0.1, 0.15) is 0 Å². The van der Waals surface area contributed by atoms with Crippen LogP contribution in [0, 0.1) is 0 Å². The van der Waals surface area contributed by atoms with E-state index in [9.17, 15) is 0 Å². The zero-order valence-corrected chi connectivity index (χ0v) is 5.34. The summed E-state index contributed by atoms with van der Waals surface area (Å²) < 4.78 is 0. The Morgan fingerprint density at radius 1 is 1.67 bits per heavy atom. The number of aliphatic hydroxyl groups excluding tert-OH is 1. The van der Waals surface area contributed by atoms with Crippen molar-refractivity contribution in [2.75, 3.05) is 6.54 Å². The van der Waals surface area contributed by atoms with E-state index in [1.165, 1.54) is 12.3 Å². The van der Waals surface area contributed by atoms with Crippen molar-refractivity contribution >= 4 is 11.6 Å². The van der Waals surface area contributed by atoms with E-state index in [1.807, 2.05) is 0 Å². The van der Waals surface area contributed by atoms with Crippen molar-refractivity contribution in [2.24, 2.45) is 0 Å². The van der Waals surface area contributed by atoms with Gasteiger partial charge in [0.25, 0.3) is 0 Å². The highest BCUT2D eigenvalue weighted by Crippen LogP contribution is 2.15. The van der Waals surface area contributed by atoms with Crippen molar-refractivity contribution in [2.45, 2.75) is 0 Å². The number of hydrogen-bond acceptors (Lipinski definition) is 3. The fourth-order valence-electron chi connectivity index (χ4n) is 0.527. The minimum absolute atomic E-state index is 0.0157. The van der Waals surface area contributed by atoms with Gasteiger partial charge in [-0.05, 0) is 6.08 Å². The summed E-state index contributed by atoms with van der Waals surface area (Å²) in [7, 11) is 0. The largest absolute Gasteiger partial charge is 0.507 e. The third kappa shape index (κ3) is 1.37. The lowest BCUT2D eigenvalue weighted by atomic mass is 10.3. The minimum Gasteiger partial charge on any atom is -0.507 e. The molecule has 1 heterocycles. The third-order valence-electron chi connectivity index (χ3n) is 0.979. The van der Waals surface area contributed by atoms with Gasteiger partial charge in [0.1, 0.15) is 10.8 Å². The lowest BCUT2D eigenvalue weighted by molar-refractivity contribution is -0.0321. The summed E-state index contributed by atoms with van der Waals surface area (Å²) in [6.45, 7) is 0.280. The molecule has 9 heavy (non-hydrogen) atoms. The number of aliphatic hydroxyl groups is 1. The SMILES string of the molecule is OC1=CCN(O)C=C1Cl. The normalized spacial score (nSPS) is 19.1. The maximum Gasteiger partial charge on any atom is 0.133 e. The second kappa shape index (κ2) is 2.29. The summed E-state index contributed by atoms with van der Waals surface area (Å²) in [5.74, 6) is 0.0157. The first kappa shape index (κ1) is 6.45. The average molecular weight is 148 g/mol. The van der Waals surface area contributed by atoms with Crippen LogP contribution < -0.4 is 0 Å². The predicted octanol–water partition coefficient (Wildman–Crippen LogP) is 1.21. The molecular weight excluding hydrogens is 142 g/mol. The highest BCUT2D eigenvalue weighted by molar-refractivity contribution is 6.31. The van der Waals surface area contributed by atoms with Gasteiger partial charge < -0.3 is 5.11 Å². The van der Waals surface area contributed by atoms with Gasteiger partial charge in [0.15, 0.2) is 0 Å². The van der Waals surface area contributed by atoms with Crippen molar-refractivity contribution in [1.29, 1.82) is 0 Å². The minimum atomic E-state index is 0.0157. The van der Waals surface area contributed by atoms with Crippen LogP contribution in [0.3, 0.4) is 0 Å². The van der Waals surface area contributed by atoms with E-state index in [4.69, 9.17) is 21.9 Å². The Hall–Kier alpha value is -0.670. The van der Waals surface area contributed by atoms with Gasteiger partial charge in [-0.2, -0.15) is 0 Å². The monoisotopic (exact) mass is 147 g/mol. The lowest BCUT2D eigenvalue weighted by Crippen LogP contribution is -2.15. The van der Waals surface area contributed by atoms with Crippen molar-refractivity contribution in [3.05, 3.63) is 23.1 Å². The first-order valence-corrected chi connectivity index (χ1v) is 2.80. The molecule has 0 fully saturated rings. The predicted molar refractivity (Wildman–Crippen MR) is 33.1 cm³/mol. The van der Waals surface area contributed by atoms with Gasteiger partial charge >= 0.3 is 0 Å². The van der Waals surface area contributed by atoms with Gasteiger partial charge in [-0.1, -0.05) is 11.6 Å². The molecule has 0 saturated heterocycles. The Kier molecular flexibility index (Phi) is 1.64. The maximum absolute atomic E-state index is 8.82. The Bertz CT molecular complexity index is 176. The van der Waals surface area contributed by atoms with Gasteiger partial charge in [0, 0.05) is 0 Å². The fourth-order valence-corrected chi connectivity index (χ4v) is 0.717. The maximum atomic E-state index is 8.82. The molecule has 1 rings (SSSR count). The molecule has 0 unspecified atom stereocenters. The van der Waals surface area contributed by atoms with Crippen LogP contribution in [0.15, 0.2) is 23.1 Å². The summed E-state index contributed by atoms with van der Waals surface area (Å²) in [6, 6.07) is 0. The number of rotatable bonds is 0. The van der Waals surface area contributed by atoms with E-state index < -0.39 is 0 Å². The molecular formula is C5H6ClNO2. The third-order valence-corrected chi connectivity index (χ3v) is 1.27. The topological polar surface area (TPSA) is 43.7 Å². The zero-order chi connectivity index (χ0) is 6.85. The first-order valence-electron chi connectivity index (χ1n) is 2.42. The number of nitrogens with zero attached hydrogens (tertiary/aromatic N) is 1. The van der Waals surface area contributed by atoms with E-state index in [2.05, 4.69) is 0 Å². The Morgan fingerprint density at radius 2 is 2.33 bits per heavy atom. The van der Waals surface area contributed by atoms with Crippen molar-refractivity contribution in [1.82, 2.24) is 5.06 Å². The van der Waals surface area contributed by atoms with E-state index in [-0.39, 0.29) is 17.3 Å². The highest BCUT2D eigenvalue weighted by atomic mass is 35.5. The van der Waals surface area contributed by atoms with Gasteiger partial charge in [0.05, 0.1) is 12.7 Å². The number of hydroxylamine groups is 2. The molecule has 3 nitrogen and oxygen atoms in total. The van der Waals surface area contributed by atoms with Crippen molar-refractivity contribution in [3.8, 4) is 0 Å². The smallest absolute Gasteiger partial charge is 0.133 e. The molecule has 4 heteroatoms. The molecule has 0 spiro atoms. The molecule has 0 bridgehead atoms. The van der Waals surface area contributed by atoms with Crippen LogP contribution in [-0.4, -0.2) is 21.9 Å². The molecule has 0 radical (unpaired) electrons. The molecule has 0 aromatic heterocycles. The molecule has 0 saturated carbocycles. The van der Waals surface area contributed by atoms with Gasteiger partial charge in [0.2, 0.25) is 0 Å². The Balaban J connectivity index is 2.75. The van der Waals surface area contributed by atoms with E-state index >= 15 is 0 Å². The molecule has 0 amide bonds. The van der Waals surface area contributed by atoms with Crippen LogP contribution in [0.5, 0.6) is 0 Å². The first-order chi connectivity index (χ1) is 4.20. The van der Waals surface area contributed by atoms with Crippen LogP contribution in [0.25, 0.3) is 0 Å². The average Bonchev–Trinajstić information content (AvgIpc) is 1.80. The molecule has 0 aromatic carbocycles. The molecule has 0 aliphatic carbocycles. The highest BCUT2D eigenvalue weighted by Gasteiger charge is 2.06. The van der Waals surface area contributed by atoms with Gasteiger partial charge in [-0.15, -0.1) is 0 Å². The van der Waals surface area contributed by atoms with Crippen molar-refractivity contribution < 1.29 is 10.3 Å². The molecule has 0 atom stereocenters. The second-order valence-corrected chi connectivity index (χ2v) is 2.10. The molecule has 50 valence electrons. The number of allylic oxidation sites excluding steroid dienone is 1. The van der Waals surface area contributed by atoms with Crippen molar-refractivity contribution in [3.63, 3.8) is 0 Å². The van der Waals surface area contributed by atoms with Crippen LogP contribution >= 0.6 is 11.6 Å². The number of hydrogen-bond donors (Lipinski definition) is 2. The lowest BCUT2D eigenvalue weighted by Gasteiger charge is -2.14. The van der Waals surface area contributed by atoms with Crippen LogP contribution in [0.4, 0.5) is 0 Å². The summed E-state index contributed by atoms with van der Waals surface area (Å²) in [5.41, 5.74) is 0. The summed E-state index contributed by atoms with van der Waals surface area (Å²) in [5, 5.41) is 18.6. The molecule has 1 aliphatic rings. The quantitative estimate of drug-likeness (QED) is 0.542.